The lowest BCUT2D eigenvalue weighted by Gasteiger charge is -2.20. The van der Waals surface area contributed by atoms with E-state index in [1.807, 2.05) is 48.5 Å². The van der Waals surface area contributed by atoms with Crippen molar-refractivity contribution in [3.05, 3.63) is 78.6 Å². The number of methoxy groups -OCH3 is 1. The van der Waals surface area contributed by atoms with Crippen molar-refractivity contribution in [2.45, 2.75) is 17.9 Å². The maximum atomic E-state index is 13.2. The van der Waals surface area contributed by atoms with E-state index in [4.69, 9.17) is 9.72 Å². The van der Waals surface area contributed by atoms with Crippen LogP contribution < -0.4 is 9.64 Å². The van der Waals surface area contributed by atoms with Crippen LogP contribution in [0, 0.1) is 0 Å². The Hall–Kier alpha value is -2.90. The molecule has 0 aliphatic rings. The zero-order valence-corrected chi connectivity index (χ0v) is 18.2. The molecule has 0 aliphatic heterocycles. The van der Waals surface area contributed by atoms with Crippen molar-refractivity contribution in [3.8, 4) is 5.75 Å². The van der Waals surface area contributed by atoms with E-state index in [9.17, 15) is 4.79 Å². The molecule has 4 rings (SSSR count). The van der Waals surface area contributed by atoms with Crippen LogP contribution in [0.2, 0.25) is 0 Å². The van der Waals surface area contributed by atoms with E-state index < -0.39 is 0 Å². The molecular weight excluding hydrogens is 414 g/mol. The molecule has 0 fully saturated rings. The Morgan fingerprint density at radius 3 is 2.73 bits per heavy atom. The molecule has 5 nitrogen and oxygen atoms in total. The number of pyridine rings is 1. The van der Waals surface area contributed by atoms with Crippen molar-refractivity contribution >= 4 is 44.4 Å². The van der Waals surface area contributed by atoms with Crippen molar-refractivity contribution in [2.75, 3.05) is 17.8 Å². The molecule has 30 heavy (non-hydrogen) atoms. The lowest BCUT2D eigenvalue weighted by atomic mass is 10.2. The van der Waals surface area contributed by atoms with Gasteiger partial charge in [0.2, 0.25) is 5.91 Å². The van der Waals surface area contributed by atoms with Gasteiger partial charge in [-0.05, 0) is 35.9 Å². The van der Waals surface area contributed by atoms with E-state index in [0.717, 1.165) is 20.7 Å². The van der Waals surface area contributed by atoms with Crippen molar-refractivity contribution < 1.29 is 9.53 Å². The third-order valence-corrected chi connectivity index (χ3v) is 6.57. The lowest BCUT2D eigenvalue weighted by molar-refractivity contribution is -0.118. The van der Waals surface area contributed by atoms with Gasteiger partial charge in [0.15, 0.2) is 5.13 Å². The van der Waals surface area contributed by atoms with Gasteiger partial charge in [0.1, 0.15) is 11.3 Å². The van der Waals surface area contributed by atoms with E-state index in [2.05, 4.69) is 17.1 Å². The second kappa shape index (κ2) is 9.73. The number of thiazole rings is 1. The van der Waals surface area contributed by atoms with E-state index in [-0.39, 0.29) is 5.91 Å². The van der Waals surface area contributed by atoms with Crippen LogP contribution in [0.15, 0.2) is 78.0 Å². The molecule has 0 unspecified atom stereocenters. The third kappa shape index (κ3) is 4.80. The molecule has 0 N–H and O–H groups in total. The summed E-state index contributed by atoms with van der Waals surface area (Å²) in [7, 11) is 1.63. The number of thioether (sulfide) groups is 1. The SMILES string of the molecule is COc1cccc2sc(N(Cc3cccnc3)C(=O)CCSc3ccccc3)nc12. The number of amides is 1. The van der Waals surface area contributed by atoms with E-state index in [1.165, 1.54) is 11.3 Å². The molecule has 1 amide bonds. The zero-order valence-electron chi connectivity index (χ0n) is 16.5. The topological polar surface area (TPSA) is 55.3 Å². The monoisotopic (exact) mass is 435 g/mol. The molecule has 152 valence electrons. The fourth-order valence-electron chi connectivity index (χ4n) is 3.04. The molecule has 4 aromatic rings. The van der Waals surface area contributed by atoms with Crippen LogP contribution in [-0.4, -0.2) is 28.7 Å². The molecule has 0 saturated heterocycles. The Bertz CT molecular complexity index is 1120. The first-order valence-electron chi connectivity index (χ1n) is 9.55. The van der Waals surface area contributed by atoms with Crippen LogP contribution in [0.1, 0.15) is 12.0 Å². The number of ether oxygens (including phenoxy) is 1. The Balaban J connectivity index is 1.57. The van der Waals surface area contributed by atoms with Gasteiger partial charge in [-0.2, -0.15) is 0 Å². The predicted octanol–water partition coefficient (Wildman–Crippen LogP) is 5.42. The van der Waals surface area contributed by atoms with Gasteiger partial charge in [-0.25, -0.2) is 4.98 Å². The van der Waals surface area contributed by atoms with Gasteiger partial charge in [-0.3, -0.25) is 14.7 Å². The molecule has 0 aliphatic carbocycles. The standard InChI is InChI=1S/C23H21N3O2S2/c1-28-19-10-5-11-20-22(19)25-23(30-20)26(16-17-7-6-13-24-15-17)21(27)12-14-29-18-8-3-2-4-9-18/h2-11,13,15H,12,14,16H2,1H3. The highest BCUT2D eigenvalue weighted by molar-refractivity contribution is 7.99. The van der Waals surface area contributed by atoms with Crippen LogP contribution in [-0.2, 0) is 11.3 Å². The van der Waals surface area contributed by atoms with E-state index in [0.29, 0.717) is 29.6 Å². The van der Waals surface area contributed by atoms with Gasteiger partial charge >= 0.3 is 0 Å². The van der Waals surface area contributed by atoms with Crippen molar-refractivity contribution in [3.63, 3.8) is 0 Å². The molecule has 2 aromatic carbocycles. The predicted molar refractivity (Wildman–Crippen MR) is 123 cm³/mol. The van der Waals surface area contributed by atoms with E-state index in [1.54, 1.807) is 36.2 Å². The van der Waals surface area contributed by atoms with Crippen molar-refractivity contribution in [1.29, 1.82) is 0 Å². The summed E-state index contributed by atoms with van der Waals surface area (Å²) in [6, 6.07) is 19.8. The number of hydrogen-bond donors (Lipinski definition) is 0. The van der Waals surface area contributed by atoms with Gasteiger partial charge < -0.3 is 4.74 Å². The van der Waals surface area contributed by atoms with Crippen LogP contribution >= 0.6 is 23.1 Å². The Labute approximate surface area is 183 Å². The average molecular weight is 436 g/mol. The first kappa shape index (κ1) is 20.4. The maximum absolute atomic E-state index is 13.2. The summed E-state index contributed by atoms with van der Waals surface area (Å²) in [6.07, 6.45) is 3.94. The molecule has 0 bridgehead atoms. The van der Waals surface area contributed by atoms with Crippen molar-refractivity contribution in [2.24, 2.45) is 0 Å². The van der Waals surface area contributed by atoms with Crippen LogP contribution in [0.3, 0.4) is 0 Å². The molecule has 0 saturated carbocycles. The van der Waals surface area contributed by atoms with E-state index >= 15 is 0 Å². The van der Waals surface area contributed by atoms with Gasteiger partial charge in [0, 0.05) is 29.5 Å². The first-order chi connectivity index (χ1) is 14.7. The fourth-order valence-corrected chi connectivity index (χ4v) is 4.90. The summed E-state index contributed by atoms with van der Waals surface area (Å²) < 4.78 is 6.43. The number of nitrogens with zero attached hydrogens (tertiary/aromatic N) is 3. The van der Waals surface area contributed by atoms with Crippen LogP contribution in [0.4, 0.5) is 5.13 Å². The highest BCUT2D eigenvalue weighted by atomic mass is 32.2. The first-order valence-corrected chi connectivity index (χ1v) is 11.4. The van der Waals surface area contributed by atoms with Gasteiger partial charge in [-0.1, -0.05) is 41.7 Å². The lowest BCUT2D eigenvalue weighted by Crippen LogP contribution is -2.30. The number of rotatable bonds is 8. The van der Waals surface area contributed by atoms with Crippen LogP contribution in [0.5, 0.6) is 5.75 Å². The summed E-state index contributed by atoms with van der Waals surface area (Å²) in [5.41, 5.74) is 1.75. The van der Waals surface area contributed by atoms with Crippen molar-refractivity contribution in [1.82, 2.24) is 9.97 Å². The molecule has 2 heterocycles. The fraction of sp³-hybridized carbons (Fsp3) is 0.174. The minimum Gasteiger partial charge on any atom is -0.494 e. The summed E-state index contributed by atoms with van der Waals surface area (Å²) in [5.74, 6) is 1.46. The number of benzene rings is 2. The minimum atomic E-state index is 0.0420. The zero-order chi connectivity index (χ0) is 20.8. The second-order valence-electron chi connectivity index (χ2n) is 6.56. The summed E-state index contributed by atoms with van der Waals surface area (Å²) in [5, 5.41) is 0.674. The molecule has 7 heteroatoms. The molecule has 0 radical (unpaired) electrons. The smallest absolute Gasteiger partial charge is 0.229 e. The van der Waals surface area contributed by atoms with Gasteiger partial charge in [-0.15, -0.1) is 11.8 Å². The number of para-hydroxylation sites is 1. The Morgan fingerprint density at radius 2 is 1.97 bits per heavy atom. The normalized spacial score (nSPS) is 10.8. The number of anilines is 1. The van der Waals surface area contributed by atoms with Crippen LogP contribution in [0.25, 0.3) is 10.2 Å². The molecule has 2 aromatic heterocycles. The highest BCUT2D eigenvalue weighted by Crippen LogP contribution is 2.35. The third-order valence-electron chi connectivity index (χ3n) is 4.51. The second-order valence-corrected chi connectivity index (χ2v) is 8.73. The van der Waals surface area contributed by atoms with Gasteiger partial charge in [0.05, 0.1) is 18.4 Å². The summed E-state index contributed by atoms with van der Waals surface area (Å²) >= 11 is 3.18. The molecular formula is C23H21N3O2S2. The Morgan fingerprint density at radius 1 is 1.10 bits per heavy atom. The minimum absolute atomic E-state index is 0.0420. The number of aromatic nitrogens is 2. The quantitative estimate of drug-likeness (QED) is 0.346. The number of carbonyl (C=O) groups excluding carboxylic acids is 1. The average Bonchev–Trinajstić information content (AvgIpc) is 3.23. The molecule has 0 spiro atoms. The largest absolute Gasteiger partial charge is 0.494 e. The highest BCUT2D eigenvalue weighted by Gasteiger charge is 2.21. The molecule has 0 atom stereocenters. The summed E-state index contributed by atoms with van der Waals surface area (Å²) in [6.45, 7) is 0.435. The Kier molecular flexibility index (Phi) is 6.61. The number of carbonyl (C=O) groups is 1. The van der Waals surface area contributed by atoms with Gasteiger partial charge in [0.25, 0.3) is 0 Å². The maximum Gasteiger partial charge on any atom is 0.229 e. The summed E-state index contributed by atoms with van der Waals surface area (Å²) in [4.78, 5) is 25.0. The number of hydrogen-bond acceptors (Lipinski definition) is 6. The number of fused-ring (bicyclic) bond motifs is 1.